The number of rotatable bonds is 9. The number of benzene rings is 3. The van der Waals surface area contributed by atoms with E-state index in [1.807, 2.05) is 36.4 Å². The van der Waals surface area contributed by atoms with Crippen molar-refractivity contribution >= 4 is 16.6 Å². The number of hydrogen-bond acceptors (Lipinski definition) is 5. The third-order valence-electron chi connectivity index (χ3n) is 5.67. The first-order chi connectivity index (χ1) is 15.2. The molecule has 1 heterocycles. The van der Waals surface area contributed by atoms with Crippen molar-refractivity contribution < 1.29 is 19.4 Å². The van der Waals surface area contributed by atoms with Crippen LogP contribution < -0.4 is 4.74 Å². The number of fused-ring (bicyclic) bond motifs is 1. The standard InChI is InChI=1S/C26H29NO4/c28-23(18-27-13-15-30-16-14-27)19-31-24-9-4-8-22(17-24)26(29)12-11-21-7-3-6-20-5-1-2-10-25(20)21/h1-10,17,23,28H,11-16,18-19H2/t23-/m1/s1. The van der Waals surface area contributed by atoms with Crippen LogP contribution in [0.15, 0.2) is 66.7 Å². The fraction of sp³-hybridized carbons (Fsp3) is 0.346. The summed E-state index contributed by atoms with van der Waals surface area (Å²) in [6, 6.07) is 21.7. The second-order valence-corrected chi connectivity index (χ2v) is 7.97. The zero-order valence-corrected chi connectivity index (χ0v) is 17.7. The van der Waals surface area contributed by atoms with Crippen LogP contribution in [0.4, 0.5) is 0 Å². The van der Waals surface area contributed by atoms with Crippen molar-refractivity contribution in [2.75, 3.05) is 39.5 Å². The Morgan fingerprint density at radius 3 is 2.68 bits per heavy atom. The number of aliphatic hydroxyl groups excluding tert-OH is 1. The third-order valence-corrected chi connectivity index (χ3v) is 5.67. The van der Waals surface area contributed by atoms with Gasteiger partial charge in [0.1, 0.15) is 18.5 Å². The molecule has 5 nitrogen and oxygen atoms in total. The van der Waals surface area contributed by atoms with Crippen molar-refractivity contribution in [3.63, 3.8) is 0 Å². The zero-order chi connectivity index (χ0) is 21.5. The fourth-order valence-corrected chi connectivity index (χ4v) is 3.99. The molecule has 0 bridgehead atoms. The lowest BCUT2D eigenvalue weighted by atomic mass is 9.98. The molecule has 1 N–H and O–H groups in total. The second kappa shape index (κ2) is 10.5. The maximum Gasteiger partial charge on any atom is 0.163 e. The van der Waals surface area contributed by atoms with Gasteiger partial charge >= 0.3 is 0 Å². The first kappa shape index (κ1) is 21.5. The number of hydrogen-bond donors (Lipinski definition) is 1. The smallest absolute Gasteiger partial charge is 0.163 e. The second-order valence-electron chi connectivity index (χ2n) is 7.97. The summed E-state index contributed by atoms with van der Waals surface area (Å²) in [6.07, 6.45) is 0.560. The van der Waals surface area contributed by atoms with Gasteiger partial charge in [-0.15, -0.1) is 0 Å². The van der Waals surface area contributed by atoms with E-state index in [9.17, 15) is 9.90 Å². The Kier molecular flexibility index (Phi) is 7.30. The normalized spacial score (nSPS) is 15.6. The van der Waals surface area contributed by atoms with Gasteiger partial charge in [0.25, 0.3) is 0 Å². The molecule has 4 rings (SSSR count). The van der Waals surface area contributed by atoms with E-state index in [-0.39, 0.29) is 12.4 Å². The number of ether oxygens (including phenoxy) is 2. The Morgan fingerprint density at radius 1 is 1.03 bits per heavy atom. The highest BCUT2D eigenvalue weighted by molar-refractivity contribution is 5.97. The van der Waals surface area contributed by atoms with Gasteiger partial charge < -0.3 is 14.6 Å². The molecule has 5 heteroatoms. The first-order valence-electron chi connectivity index (χ1n) is 10.9. The van der Waals surface area contributed by atoms with Gasteiger partial charge in [-0.2, -0.15) is 0 Å². The number of β-amino-alcohol motifs (C(OH)–C–C–N with tert-alkyl or cyclic N) is 1. The van der Waals surface area contributed by atoms with Gasteiger partial charge in [0, 0.05) is 31.6 Å². The summed E-state index contributed by atoms with van der Waals surface area (Å²) in [5.41, 5.74) is 1.82. The summed E-state index contributed by atoms with van der Waals surface area (Å²) in [5, 5.41) is 12.7. The van der Waals surface area contributed by atoms with E-state index in [1.165, 1.54) is 16.3 Å². The molecule has 0 unspecified atom stereocenters. The van der Waals surface area contributed by atoms with Crippen molar-refractivity contribution in [2.24, 2.45) is 0 Å². The van der Waals surface area contributed by atoms with Crippen LogP contribution >= 0.6 is 0 Å². The summed E-state index contributed by atoms with van der Waals surface area (Å²) < 4.78 is 11.1. The predicted molar refractivity (Wildman–Crippen MR) is 122 cm³/mol. The first-order valence-corrected chi connectivity index (χ1v) is 10.9. The van der Waals surface area contributed by atoms with E-state index < -0.39 is 6.10 Å². The lowest BCUT2D eigenvalue weighted by Crippen LogP contribution is -2.42. The fourth-order valence-electron chi connectivity index (χ4n) is 3.99. The molecule has 162 valence electrons. The van der Waals surface area contributed by atoms with E-state index in [0.29, 0.717) is 43.9 Å². The summed E-state index contributed by atoms with van der Waals surface area (Å²) in [4.78, 5) is 15.0. The molecular weight excluding hydrogens is 390 g/mol. The number of ketones is 1. The van der Waals surface area contributed by atoms with Gasteiger partial charge in [0.2, 0.25) is 0 Å². The predicted octanol–water partition coefficient (Wildman–Crippen LogP) is 3.73. The quantitative estimate of drug-likeness (QED) is 0.536. The molecule has 0 radical (unpaired) electrons. The molecule has 1 aliphatic rings. The molecule has 0 saturated carbocycles. The van der Waals surface area contributed by atoms with Crippen LogP contribution in [0.25, 0.3) is 10.8 Å². The average Bonchev–Trinajstić information content (AvgIpc) is 2.82. The topological polar surface area (TPSA) is 59.0 Å². The average molecular weight is 420 g/mol. The van der Waals surface area contributed by atoms with Crippen LogP contribution in [-0.2, 0) is 11.2 Å². The number of carbonyl (C=O) groups excluding carboxylic acids is 1. The van der Waals surface area contributed by atoms with Gasteiger partial charge in [-0.25, -0.2) is 0 Å². The van der Waals surface area contributed by atoms with Crippen molar-refractivity contribution in [1.29, 1.82) is 0 Å². The van der Waals surface area contributed by atoms with Crippen LogP contribution in [0.1, 0.15) is 22.3 Å². The van der Waals surface area contributed by atoms with Crippen molar-refractivity contribution in [2.45, 2.75) is 18.9 Å². The maximum absolute atomic E-state index is 12.8. The van der Waals surface area contributed by atoms with E-state index >= 15 is 0 Å². The summed E-state index contributed by atoms with van der Waals surface area (Å²) in [5.74, 6) is 0.698. The lowest BCUT2D eigenvalue weighted by Gasteiger charge is -2.28. The summed E-state index contributed by atoms with van der Waals surface area (Å²) >= 11 is 0. The maximum atomic E-state index is 12.8. The van der Waals surface area contributed by atoms with E-state index in [2.05, 4.69) is 29.2 Å². The SMILES string of the molecule is O=C(CCc1cccc2ccccc12)c1cccc(OC[C@H](O)CN2CCOCC2)c1. The minimum atomic E-state index is -0.580. The van der Waals surface area contributed by atoms with Crippen LogP contribution in [0.2, 0.25) is 0 Å². The van der Waals surface area contributed by atoms with E-state index in [0.717, 1.165) is 13.1 Å². The van der Waals surface area contributed by atoms with E-state index in [1.54, 1.807) is 6.07 Å². The molecule has 0 amide bonds. The summed E-state index contributed by atoms with van der Waals surface area (Å²) in [7, 11) is 0. The van der Waals surface area contributed by atoms with Gasteiger partial charge in [0.05, 0.1) is 13.2 Å². The minimum absolute atomic E-state index is 0.0900. The van der Waals surface area contributed by atoms with Crippen molar-refractivity contribution in [3.8, 4) is 5.75 Å². The Balaban J connectivity index is 1.31. The lowest BCUT2D eigenvalue weighted by molar-refractivity contribution is 0.00465. The number of carbonyl (C=O) groups is 1. The molecule has 0 spiro atoms. The molecule has 31 heavy (non-hydrogen) atoms. The van der Waals surface area contributed by atoms with Gasteiger partial charge in [0.15, 0.2) is 5.78 Å². The van der Waals surface area contributed by atoms with Crippen LogP contribution in [-0.4, -0.2) is 61.3 Å². The Bertz CT molecular complexity index is 1010. The highest BCUT2D eigenvalue weighted by Gasteiger charge is 2.16. The minimum Gasteiger partial charge on any atom is -0.491 e. The third kappa shape index (κ3) is 5.91. The van der Waals surface area contributed by atoms with Crippen LogP contribution in [0, 0.1) is 0 Å². The number of morpholine rings is 1. The Hall–Kier alpha value is -2.73. The molecule has 1 aliphatic heterocycles. The van der Waals surface area contributed by atoms with Crippen LogP contribution in [0.5, 0.6) is 5.75 Å². The largest absolute Gasteiger partial charge is 0.491 e. The van der Waals surface area contributed by atoms with Crippen LogP contribution in [0.3, 0.4) is 0 Å². The van der Waals surface area contributed by atoms with Gasteiger partial charge in [-0.3, -0.25) is 9.69 Å². The van der Waals surface area contributed by atoms with Gasteiger partial charge in [-0.05, 0) is 34.9 Å². The van der Waals surface area contributed by atoms with Crippen molar-refractivity contribution in [3.05, 3.63) is 77.9 Å². The molecule has 1 fully saturated rings. The number of nitrogens with zero attached hydrogens (tertiary/aromatic N) is 1. The molecule has 1 atom stereocenters. The summed E-state index contributed by atoms with van der Waals surface area (Å²) in [6.45, 7) is 3.83. The molecular formula is C26H29NO4. The molecule has 3 aromatic rings. The number of aliphatic hydroxyl groups is 1. The molecule has 3 aromatic carbocycles. The highest BCUT2D eigenvalue weighted by Crippen LogP contribution is 2.21. The highest BCUT2D eigenvalue weighted by atomic mass is 16.5. The number of aryl methyl sites for hydroxylation is 1. The zero-order valence-electron chi connectivity index (χ0n) is 17.7. The van der Waals surface area contributed by atoms with Crippen molar-refractivity contribution in [1.82, 2.24) is 4.90 Å². The molecule has 1 saturated heterocycles. The monoisotopic (exact) mass is 419 g/mol. The number of Topliss-reactive ketones (excluding diaryl/α,β-unsaturated/α-hetero) is 1. The Labute approximate surface area is 183 Å². The molecule has 0 aliphatic carbocycles. The Morgan fingerprint density at radius 2 is 1.81 bits per heavy atom. The molecule has 0 aromatic heterocycles. The van der Waals surface area contributed by atoms with E-state index in [4.69, 9.17) is 9.47 Å². The van der Waals surface area contributed by atoms with Gasteiger partial charge in [-0.1, -0.05) is 54.6 Å².